The number of aryl methyl sites for hydroxylation is 1. The first kappa shape index (κ1) is 24.7. The van der Waals surface area contributed by atoms with E-state index in [0.717, 1.165) is 26.7 Å². The molecular weight excluding hydrogens is 535 g/mol. The van der Waals surface area contributed by atoms with Crippen molar-refractivity contribution in [1.29, 1.82) is 0 Å². The molecule has 178 valence electrons. The van der Waals surface area contributed by atoms with Crippen molar-refractivity contribution >= 4 is 56.5 Å². The van der Waals surface area contributed by atoms with Crippen LogP contribution in [0, 0.1) is 12.7 Å². The second kappa shape index (κ2) is 10.9. The van der Waals surface area contributed by atoms with Crippen LogP contribution in [0.4, 0.5) is 14.9 Å². The first-order valence-electron chi connectivity index (χ1n) is 10.6. The van der Waals surface area contributed by atoms with Crippen molar-refractivity contribution in [3.8, 4) is 5.75 Å². The molecular formula is C26H20BrFN2O4S. The summed E-state index contributed by atoms with van der Waals surface area (Å²) in [7, 11) is 0. The van der Waals surface area contributed by atoms with Gasteiger partial charge in [-0.3, -0.25) is 19.3 Å². The van der Waals surface area contributed by atoms with Crippen molar-refractivity contribution in [2.75, 3.05) is 11.9 Å². The van der Waals surface area contributed by atoms with Crippen LogP contribution in [0.15, 0.2) is 76.1 Å². The molecule has 0 bridgehead atoms. The van der Waals surface area contributed by atoms with Gasteiger partial charge in [0.05, 0.1) is 4.91 Å². The molecule has 0 atom stereocenters. The van der Waals surface area contributed by atoms with Crippen LogP contribution in [0.2, 0.25) is 0 Å². The molecule has 0 saturated carbocycles. The maximum atomic E-state index is 14.0. The lowest BCUT2D eigenvalue weighted by Crippen LogP contribution is -2.36. The van der Waals surface area contributed by atoms with Gasteiger partial charge in [0, 0.05) is 21.3 Å². The van der Waals surface area contributed by atoms with Crippen molar-refractivity contribution in [2.24, 2.45) is 0 Å². The van der Waals surface area contributed by atoms with Crippen LogP contribution in [-0.4, -0.2) is 28.5 Å². The van der Waals surface area contributed by atoms with E-state index in [4.69, 9.17) is 4.74 Å². The molecule has 0 unspecified atom stereocenters. The van der Waals surface area contributed by atoms with Gasteiger partial charge in [0.15, 0.2) is 0 Å². The molecule has 9 heteroatoms. The molecule has 1 aliphatic rings. The minimum atomic E-state index is -0.569. The smallest absolute Gasteiger partial charge is 0.294 e. The second-order valence-electron chi connectivity index (χ2n) is 7.69. The summed E-state index contributed by atoms with van der Waals surface area (Å²) >= 11 is 4.14. The van der Waals surface area contributed by atoms with Crippen LogP contribution >= 0.6 is 27.7 Å². The number of benzene rings is 3. The molecule has 0 aromatic heterocycles. The van der Waals surface area contributed by atoms with Gasteiger partial charge in [-0.2, -0.15) is 0 Å². The summed E-state index contributed by atoms with van der Waals surface area (Å²) in [6.07, 6.45) is 1.53. The van der Waals surface area contributed by atoms with E-state index in [1.807, 2.05) is 19.1 Å². The molecule has 0 spiro atoms. The zero-order chi connectivity index (χ0) is 24.9. The minimum absolute atomic E-state index is 0.00427. The maximum Gasteiger partial charge on any atom is 0.294 e. The van der Waals surface area contributed by atoms with E-state index < -0.39 is 23.6 Å². The standard InChI is InChI=1S/C26H20BrFN2O4S/c1-16-6-2-5-9-21(16)29-24(31)14-30-25(32)23(35-26(30)33)13-18-12-19(27)10-11-22(18)34-15-17-7-3-4-8-20(17)28/h2-13H,14-15H2,1H3,(H,29,31)/b23-13-. The Morgan fingerprint density at radius 1 is 1.11 bits per heavy atom. The number of hydrogen-bond donors (Lipinski definition) is 1. The molecule has 1 fully saturated rings. The summed E-state index contributed by atoms with van der Waals surface area (Å²) in [6, 6.07) is 18.7. The van der Waals surface area contributed by atoms with Crippen molar-refractivity contribution in [1.82, 2.24) is 4.90 Å². The molecule has 3 aromatic rings. The van der Waals surface area contributed by atoms with E-state index >= 15 is 0 Å². The SMILES string of the molecule is Cc1ccccc1NC(=O)CN1C(=O)S/C(=C\c2cc(Br)ccc2OCc2ccccc2F)C1=O. The van der Waals surface area contributed by atoms with Crippen molar-refractivity contribution < 1.29 is 23.5 Å². The van der Waals surface area contributed by atoms with E-state index in [9.17, 15) is 18.8 Å². The third kappa shape index (κ3) is 5.98. The van der Waals surface area contributed by atoms with Crippen LogP contribution in [-0.2, 0) is 16.2 Å². The normalized spacial score (nSPS) is 14.5. The van der Waals surface area contributed by atoms with Gasteiger partial charge in [0.2, 0.25) is 5.91 Å². The van der Waals surface area contributed by atoms with Gasteiger partial charge >= 0.3 is 0 Å². The summed E-state index contributed by atoms with van der Waals surface area (Å²) in [5.41, 5.74) is 2.41. The van der Waals surface area contributed by atoms with Crippen LogP contribution in [0.3, 0.4) is 0 Å². The summed E-state index contributed by atoms with van der Waals surface area (Å²) in [6.45, 7) is 1.45. The summed E-state index contributed by atoms with van der Waals surface area (Å²) < 4.78 is 20.5. The van der Waals surface area contributed by atoms with E-state index in [1.54, 1.807) is 48.5 Å². The summed E-state index contributed by atoms with van der Waals surface area (Å²) in [5.74, 6) is -1.00. The van der Waals surface area contributed by atoms with Gasteiger partial charge < -0.3 is 10.1 Å². The van der Waals surface area contributed by atoms with E-state index in [0.29, 0.717) is 22.6 Å². The summed E-state index contributed by atoms with van der Waals surface area (Å²) in [4.78, 5) is 39.0. The number of halogens is 2. The minimum Gasteiger partial charge on any atom is -0.488 e. The number of nitrogens with one attached hydrogen (secondary N) is 1. The third-order valence-corrected chi connectivity index (χ3v) is 6.59. The van der Waals surface area contributed by atoms with E-state index in [2.05, 4.69) is 21.2 Å². The highest BCUT2D eigenvalue weighted by Gasteiger charge is 2.36. The first-order valence-corrected chi connectivity index (χ1v) is 12.2. The quantitative estimate of drug-likeness (QED) is 0.354. The number of nitrogens with zero attached hydrogens (tertiary/aromatic N) is 1. The molecule has 1 saturated heterocycles. The topological polar surface area (TPSA) is 75.7 Å². The van der Waals surface area contributed by atoms with E-state index in [1.165, 1.54) is 12.1 Å². The molecule has 4 rings (SSSR count). The number of rotatable bonds is 7. The number of amides is 3. The fourth-order valence-corrected chi connectivity index (χ4v) is 4.57. The maximum absolute atomic E-state index is 14.0. The van der Waals surface area contributed by atoms with Crippen LogP contribution in [0.1, 0.15) is 16.7 Å². The lowest BCUT2D eigenvalue weighted by atomic mass is 10.1. The molecule has 6 nitrogen and oxygen atoms in total. The van der Waals surface area contributed by atoms with Crippen LogP contribution in [0.25, 0.3) is 6.08 Å². The zero-order valence-corrected chi connectivity index (χ0v) is 21.0. The van der Waals surface area contributed by atoms with Crippen LogP contribution < -0.4 is 10.1 Å². The number of para-hydroxylation sites is 1. The Labute approximate surface area is 214 Å². The Morgan fingerprint density at radius 2 is 1.86 bits per heavy atom. The lowest BCUT2D eigenvalue weighted by Gasteiger charge is -2.13. The van der Waals surface area contributed by atoms with E-state index in [-0.39, 0.29) is 17.3 Å². The number of anilines is 1. The van der Waals surface area contributed by atoms with Crippen molar-refractivity contribution in [3.63, 3.8) is 0 Å². The van der Waals surface area contributed by atoms with Gasteiger partial charge in [-0.1, -0.05) is 52.3 Å². The highest BCUT2D eigenvalue weighted by molar-refractivity contribution is 9.10. The van der Waals surface area contributed by atoms with Gasteiger partial charge in [-0.15, -0.1) is 0 Å². The number of hydrogen-bond acceptors (Lipinski definition) is 5. The van der Waals surface area contributed by atoms with Crippen LogP contribution in [0.5, 0.6) is 5.75 Å². The average Bonchev–Trinajstić information content (AvgIpc) is 3.08. The molecule has 35 heavy (non-hydrogen) atoms. The third-order valence-electron chi connectivity index (χ3n) is 5.19. The van der Waals surface area contributed by atoms with Gasteiger partial charge in [-0.05, 0) is 60.7 Å². The number of carbonyl (C=O) groups is 3. The second-order valence-corrected chi connectivity index (χ2v) is 9.60. The number of imide groups is 1. The molecule has 3 aromatic carbocycles. The zero-order valence-electron chi connectivity index (χ0n) is 18.6. The molecule has 3 amide bonds. The monoisotopic (exact) mass is 554 g/mol. The molecule has 0 radical (unpaired) electrons. The van der Waals surface area contributed by atoms with Crippen molar-refractivity contribution in [2.45, 2.75) is 13.5 Å². The molecule has 1 heterocycles. The first-order chi connectivity index (χ1) is 16.8. The highest BCUT2D eigenvalue weighted by atomic mass is 79.9. The predicted molar refractivity (Wildman–Crippen MR) is 137 cm³/mol. The Morgan fingerprint density at radius 3 is 2.63 bits per heavy atom. The lowest BCUT2D eigenvalue weighted by molar-refractivity contribution is -0.127. The fraction of sp³-hybridized carbons (Fsp3) is 0.115. The summed E-state index contributed by atoms with van der Waals surface area (Å²) in [5, 5.41) is 2.19. The van der Waals surface area contributed by atoms with Crippen molar-refractivity contribution in [3.05, 3.63) is 98.6 Å². The van der Waals surface area contributed by atoms with Gasteiger partial charge in [0.25, 0.3) is 11.1 Å². The predicted octanol–water partition coefficient (Wildman–Crippen LogP) is 6.15. The number of carbonyl (C=O) groups excluding carboxylic acids is 3. The highest BCUT2D eigenvalue weighted by Crippen LogP contribution is 2.35. The fourth-order valence-electron chi connectivity index (χ4n) is 3.36. The Bertz CT molecular complexity index is 1340. The molecule has 0 aliphatic carbocycles. The van der Waals surface area contributed by atoms with Gasteiger partial charge in [0.1, 0.15) is 24.7 Å². The average molecular weight is 555 g/mol. The Hall–Kier alpha value is -3.43. The largest absolute Gasteiger partial charge is 0.488 e. The Balaban J connectivity index is 1.50. The van der Waals surface area contributed by atoms with Gasteiger partial charge in [-0.25, -0.2) is 4.39 Å². The Kier molecular flexibility index (Phi) is 7.67. The number of ether oxygens (including phenoxy) is 1. The number of thioether (sulfide) groups is 1. The molecule has 1 aliphatic heterocycles. The molecule has 1 N–H and O–H groups in total.